The minimum absolute atomic E-state index is 0.0469. The second kappa shape index (κ2) is 8.68. The molecule has 0 aliphatic carbocycles. The highest BCUT2D eigenvalue weighted by Gasteiger charge is 2.30. The zero-order valence-electron chi connectivity index (χ0n) is 18.3. The first-order valence-corrected chi connectivity index (χ1v) is 10.1. The Morgan fingerprint density at radius 3 is 2.38 bits per heavy atom. The Morgan fingerprint density at radius 2 is 1.78 bits per heavy atom. The van der Waals surface area contributed by atoms with Crippen LogP contribution in [0.2, 0.25) is 0 Å². The van der Waals surface area contributed by atoms with E-state index in [1.807, 2.05) is 13.8 Å². The normalized spacial score (nSPS) is 13.1. The number of carbonyl (C=O) groups is 1. The van der Waals surface area contributed by atoms with Crippen molar-refractivity contribution in [3.05, 3.63) is 77.1 Å². The summed E-state index contributed by atoms with van der Waals surface area (Å²) in [5.41, 5.74) is 1.09. The van der Waals surface area contributed by atoms with E-state index in [2.05, 4.69) is 5.10 Å². The number of aliphatic carboxylic acids is 1. The lowest BCUT2D eigenvalue weighted by Crippen LogP contribution is -2.28. The summed E-state index contributed by atoms with van der Waals surface area (Å²) in [6, 6.07) is 11.8. The first-order chi connectivity index (χ1) is 14.9. The molecule has 3 aromatic rings. The molecular weight excluding hydrogens is 421 g/mol. The molecular formula is C24H25F3N2O3. The van der Waals surface area contributed by atoms with Gasteiger partial charge in [0, 0.05) is 12.1 Å². The van der Waals surface area contributed by atoms with Crippen molar-refractivity contribution in [2.24, 2.45) is 0 Å². The van der Waals surface area contributed by atoms with Gasteiger partial charge in [0.1, 0.15) is 5.75 Å². The Hall–Kier alpha value is -3.29. The highest BCUT2D eigenvalue weighted by Crippen LogP contribution is 2.30. The highest BCUT2D eigenvalue weighted by molar-refractivity contribution is 5.80. The Balaban J connectivity index is 1.73. The summed E-state index contributed by atoms with van der Waals surface area (Å²) in [6.45, 7) is 7.40. The number of ether oxygens (including phenoxy) is 1. The van der Waals surface area contributed by atoms with E-state index in [1.54, 1.807) is 49.0 Å². The lowest BCUT2D eigenvalue weighted by molar-refractivity contribution is -0.142. The van der Waals surface area contributed by atoms with E-state index >= 15 is 0 Å². The van der Waals surface area contributed by atoms with Crippen molar-refractivity contribution in [2.45, 2.75) is 45.2 Å². The summed E-state index contributed by atoms with van der Waals surface area (Å²) in [7, 11) is 0. The lowest BCUT2D eigenvalue weighted by Gasteiger charge is -2.21. The van der Waals surface area contributed by atoms with Gasteiger partial charge < -0.3 is 9.84 Å². The van der Waals surface area contributed by atoms with E-state index in [4.69, 9.17) is 4.74 Å². The maximum absolute atomic E-state index is 12.8. The maximum atomic E-state index is 12.8. The van der Waals surface area contributed by atoms with Gasteiger partial charge in [-0.1, -0.05) is 19.1 Å². The Morgan fingerprint density at radius 1 is 1.12 bits per heavy atom. The van der Waals surface area contributed by atoms with Crippen LogP contribution in [0.1, 0.15) is 49.1 Å². The molecule has 0 aliphatic rings. The number of alkyl halides is 3. The molecule has 0 saturated carbocycles. The van der Waals surface area contributed by atoms with Gasteiger partial charge in [-0.15, -0.1) is 0 Å². The van der Waals surface area contributed by atoms with E-state index in [1.165, 1.54) is 12.1 Å². The number of rotatable bonds is 7. The summed E-state index contributed by atoms with van der Waals surface area (Å²) in [4.78, 5) is 11.5. The van der Waals surface area contributed by atoms with Crippen molar-refractivity contribution in [3.63, 3.8) is 0 Å². The van der Waals surface area contributed by atoms with Crippen LogP contribution < -0.4 is 4.74 Å². The van der Waals surface area contributed by atoms with Gasteiger partial charge in [0.05, 0.1) is 29.0 Å². The minimum Gasteiger partial charge on any atom is -0.493 e. The molecule has 0 saturated heterocycles. The first-order valence-electron chi connectivity index (χ1n) is 10.1. The standard InChI is InChI=1S/C24H25F3N2O3/c1-15(14-32-20-7-5-6-18(12-20)23(3,4)22(30)31)21-13-29(28-16(21)2)19-10-8-17(9-11-19)24(25,26)27/h5-13,15H,14H2,1-4H3,(H,30,31). The van der Waals surface area contributed by atoms with Gasteiger partial charge in [-0.05, 0) is 68.3 Å². The van der Waals surface area contributed by atoms with Gasteiger partial charge in [0.2, 0.25) is 0 Å². The SMILES string of the molecule is Cc1nn(-c2ccc(C(F)(F)F)cc2)cc1C(C)COc1cccc(C(C)(C)C(=O)O)c1. The van der Waals surface area contributed by atoms with Crippen molar-refractivity contribution in [2.75, 3.05) is 6.61 Å². The van der Waals surface area contributed by atoms with Crippen molar-refractivity contribution in [1.82, 2.24) is 9.78 Å². The second-order valence-electron chi connectivity index (χ2n) is 8.33. The molecule has 0 bridgehead atoms. The second-order valence-corrected chi connectivity index (χ2v) is 8.33. The zero-order chi connectivity index (χ0) is 23.7. The van der Waals surface area contributed by atoms with Gasteiger partial charge in [-0.25, -0.2) is 4.68 Å². The zero-order valence-corrected chi connectivity index (χ0v) is 18.3. The average molecular weight is 446 g/mol. The first kappa shape index (κ1) is 23.4. The monoisotopic (exact) mass is 446 g/mol. The molecule has 0 amide bonds. The number of aryl methyl sites for hydroxylation is 1. The third-order valence-electron chi connectivity index (χ3n) is 5.52. The van der Waals surface area contributed by atoms with Crippen molar-refractivity contribution < 1.29 is 27.8 Å². The Labute approximate surface area is 184 Å². The summed E-state index contributed by atoms with van der Waals surface area (Å²) < 4.78 is 45.8. The molecule has 32 heavy (non-hydrogen) atoms. The maximum Gasteiger partial charge on any atom is 0.416 e. The van der Waals surface area contributed by atoms with Crippen LogP contribution in [0.4, 0.5) is 13.2 Å². The molecule has 8 heteroatoms. The predicted molar refractivity (Wildman–Crippen MR) is 114 cm³/mol. The number of hydrogen-bond acceptors (Lipinski definition) is 3. The molecule has 1 heterocycles. The van der Waals surface area contributed by atoms with Crippen LogP contribution in [-0.4, -0.2) is 27.5 Å². The van der Waals surface area contributed by atoms with Crippen molar-refractivity contribution >= 4 is 5.97 Å². The molecule has 0 spiro atoms. The number of carboxylic acid groups (broad SMARTS) is 1. The molecule has 1 unspecified atom stereocenters. The van der Waals surface area contributed by atoms with Gasteiger partial charge in [0.15, 0.2) is 0 Å². The van der Waals surface area contributed by atoms with Crippen LogP contribution in [0.5, 0.6) is 5.75 Å². The van der Waals surface area contributed by atoms with E-state index in [0.717, 1.165) is 23.4 Å². The van der Waals surface area contributed by atoms with Crippen LogP contribution in [-0.2, 0) is 16.4 Å². The number of carboxylic acids is 1. The summed E-state index contributed by atoms with van der Waals surface area (Å²) >= 11 is 0. The summed E-state index contributed by atoms with van der Waals surface area (Å²) in [6.07, 6.45) is -2.59. The highest BCUT2D eigenvalue weighted by atomic mass is 19.4. The molecule has 1 atom stereocenters. The van der Waals surface area contributed by atoms with Crippen LogP contribution in [0, 0.1) is 6.92 Å². The fraction of sp³-hybridized carbons (Fsp3) is 0.333. The summed E-state index contributed by atoms with van der Waals surface area (Å²) in [5, 5.41) is 13.9. The van der Waals surface area contributed by atoms with Crippen LogP contribution in [0.25, 0.3) is 5.69 Å². The lowest BCUT2D eigenvalue weighted by atomic mass is 9.85. The molecule has 2 aromatic carbocycles. The number of benzene rings is 2. The molecule has 0 aliphatic heterocycles. The summed E-state index contributed by atoms with van der Waals surface area (Å²) in [5.74, 6) is -0.403. The van der Waals surface area contributed by atoms with Crippen molar-refractivity contribution in [1.29, 1.82) is 0 Å². The van der Waals surface area contributed by atoms with E-state index in [9.17, 15) is 23.1 Å². The van der Waals surface area contributed by atoms with Crippen LogP contribution in [0.15, 0.2) is 54.7 Å². The largest absolute Gasteiger partial charge is 0.493 e. The molecule has 0 fully saturated rings. The quantitative estimate of drug-likeness (QED) is 0.502. The molecule has 3 rings (SSSR count). The molecule has 170 valence electrons. The molecule has 0 radical (unpaired) electrons. The Bertz CT molecular complexity index is 1100. The third-order valence-corrected chi connectivity index (χ3v) is 5.52. The van der Waals surface area contributed by atoms with E-state index in [0.29, 0.717) is 23.6 Å². The number of nitrogens with zero attached hydrogens (tertiary/aromatic N) is 2. The van der Waals surface area contributed by atoms with Gasteiger partial charge in [-0.2, -0.15) is 18.3 Å². The fourth-order valence-electron chi connectivity index (χ4n) is 3.30. The molecule has 1 N–H and O–H groups in total. The minimum atomic E-state index is -4.38. The molecule has 5 nitrogen and oxygen atoms in total. The predicted octanol–water partition coefficient (Wildman–Crippen LogP) is 5.74. The topological polar surface area (TPSA) is 64.4 Å². The fourth-order valence-corrected chi connectivity index (χ4v) is 3.30. The van der Waals surface area contributed by atoms with Crippen LogP contribution in [0.3, 0.4) is 0 Å². The van der Waals surface area contributed by atoms with Crippen molar-refractivity contribution in [3.8, 4) is 11.4 Å². The Kier molecular flexibility index (Phi) is 6.34. The van der Waals surface area contributed by atoms with Gasteiger partial charge in [-0.3, -0.25) is 4.79 Å². The number of halogens is 3. The van der Waals surface area contributed by atoms with E-state index in [-0.39, 0.29) is 5.92 Å². The van der Waals surface area contributed by atoms with Gasteiger partial charge in [0.25, 0.3) is 0 Å². The smallest absolute Gasteiger partial charge is 0.416 e. The van der Waals surface area contributed by atoms with Gasteiger partial charge >= 0.3 is 12.1 Å². The van der Waals surface area contributed by atoms with Crippen LogP contribution >= 0.6 is 0 Å². The average Bonchev–Trinajstić information content (AvgIpc) is 3.13. The molecule has 1 aromatic heterocycles. The van der Waals surface area contributed by atoms with E-state index < -0.39 is 23.1 Å². The number of hydrogen-bond donors (Lipinski definition) is 1. The third kappa shape index (κ3) is 4.95. The number of aromatic nitrogens is 2.